The molecular weight excluding hydrogens is 228 g/mol. The summed E-state index contributed by atoms with van der Waals surface area (Å²) in [5, 5.41) is 12.2. The lowest BCUT2D eigenvalue weighted by atomic mass is 10.2. The molecule has 18 heavy (non-hydrogen) atoms. The number of urea groups is 1. The number of amides is 2. The van der Waals surface area contributed by atoms with Crippen LogP contribution in [0.15, 0.2) is 24.3 Å². The molecule has 2 amide bonds. The first-order valence-electron chi connectivity index (χ1n) is 6.56. The molecule has 0 atom stereocenters. The van der Waals surface area contributed by atoms with Crippen LogP contribution in [-0.2, 0) is 6.54 Å². The van der Waals surface area contributed by atoms with Gasteiger partial charge in [-0.25, -0.2) is 4.79 Å². The third kappa shape index (κ3) is 3.65. The second-order valence-corrected chi connectivity index (χ2v) is 4.73. The zero-order valence-electron chi connectivity index (χ0n) is 10.6. The summed E-state index contributed by atoms with van der Waals surface area (Å²) in [7, 11) is 0. The predicted molar refractivity (Wildman–Crippen MR) is 70.4 cm³/mol. The lowest BCUT2D eigenvalue weighted by molar-refractivity contribution is 0.199. The molecule has 0 aromatic heterocycles. The number of nitrogens with zero attached hydrogens (tertiary/aromatic N) is 1. The van der Waals surface area contributed by atoms with E-state index >= 15 is 0 Å². The van der Waals surface area contributed by atoms with Gasteiger partial charge in [0, 0.05) is 19.6 Å². The molecule has 0 bridgehead atoms. The fourth-order valence-corrected chi connectivity index (χ4v) is 2.23. The summed E-state index contributed by atoms with van der Waals surface area (Å²) in [5.41, 5.74) is 0.915. The van der Waals surface area contributed by atoms with Crippen LogP contribution in [0.5, 0.6) is 5.75 Å². The quantitative estimate of drug-likeness (QED) is 0.844. The fraction of sp³-hybridized carbons (Fsp3) is 0.500. The van der Waals surface area contributed by atoms with Crippen LogP contribution >= 0.6 is 0 Å². The smallest absolute Gasteiger partial charge is 0.317 e. The number of rotatable bonds is 2. The molecule has 1 heterocycles. The molecular formula is C14H20N2O2. The Hall–Kier alpha value is -1.71. The highest BCUT2D eigenvalue weighted by Crippen LogP contribution is 2.12. The second-order valence-electron chi connectivity index (χ2n) is 4.73. The largest absolute Gasteiger partial charge is 0.508 e. The molecule has 4 heteroatoms. The molecule has 1 aromatic rings. The summed E-state index contributed by atoms with van der Waals surface area (Å²) < 4.78 is 0. The molecule has 2 rings (SSSR count). The van der Waals surface area contributed by atoms with Gasteiger partial charge in [-0.05, 0) is 30.5 Å². The maximum atomic E-state index is 12.0. The van der Waals surface area contributed by atoms with E-state index in [1.54, 1.807) is 18.2 Å². The number of phenols is 1. The van der Waals surface area contributed by atoms with E-state index in [-0.39, 0.29) is 11.8 Å². The molecule has 4 nitrogen and oxygen atoms in total. The summed E-state index contributed by atoms with van der Waals surface area (Å²) >= 11 is 0. The number of benzene rings is 1. The van der Waals surface area contributed by atoms with Crippen LogP contribution in [0.1, 0.15) is 31.2 Å². The van der Waals surface area contributed by atoms with Crippen LogP contribution in [0, 0.1) is 0 Å². The molecule has 0 spiro atoms. The van der Waals surface area contributed by atoms with Crippen molar-refractivity contribution in [3.8, 4) is 5.75 Å². The molecule has 0 radical (unpaired) electrons. The lowest BCUT2D eigenvalue weighted by Crippen LogP contribution is -2.40. The maximum Gasteiger partial charge on any atom is 0.317 e. The van der Waals surface area contributed by atoms with Gasteiger partial charge in [-0.1, -0.05) is 25.0 Å². The van der Waals surface area contributed by atoms with Crippen molar-refractivity contribution in [1.82, 2.24) is 10.2 Å². The Morgan fingerprint density at radius 1 is 1.22 bits per heavy atom. The first-order chi connectivity index (χ1) is 8.75. The fourth-order valence-electron chi connectivity index (χ4n) is 2.23. The number of phenolic OH excluding ortho intramolecular Hbond substituents is 1. The molecule has 0 aliphatic carbocycles. The van der Waals surface area contributed by atoms with E-state index in [0.717, 1.165) is 31.5 Å². The van der Waals surface area contributed by atoms with Crippen LogP contribution in [-0.4, -0.2) is 29.1 Å². The zero-order valence-corrected chi connectivity index (χ0v) is 10.6. The first kappa shape index (κ1) is 12.7. The molecule has 1 aromatic carbocycles. The van der Waals surface area contributed by atoms with Gasteiger partial charge in [-0.2, -0.15) is 0 Å². The Morgan fingerprint density at radius 2 is 1.94 bits per heavy atom. The van der Waals surface area contributed by atoms with E-state index in [1.807, 2.05) is 11.0 Å². The average molecular weight is 248 g/mol. The van der Waals surface area contributed by atoms with Crippen molar-refractivity contribution in [3.63, 3.8) is 0 Å². The van der Waals surface area contributed by atoms with Gasteiger partial charge in [0.1, 0.15) is 5.75 Å². The zero-order chi connectivity index (χ0) is 12.8. The SMILES string of the molecule is O=C(NCc1cccc(O)c1)N1CCCCCC1. The molecule has 1 fully saturated rings. The Kier molecular flexibility index (Phi) is 4.45. The molecule has 98 valence electrons. The minimum absolute atomic E-state index is 0.000225. The van der Waals surface area contributed by atoms with Gasteiger partial charge in [-0.15, -0.1) is 0 Å². The molecule has 0 saturated carbocycles. The van der Waals surface area contributed by atoms with Crippen molar-refractivity contribution in [2.75, 3.05) is 13.1 Å². The van der Waals surface area contributed by atoms with Crippen LogP contribution < -0.4 is 5.32 Å². The van der Waals surface area contributed by atoms with Crippen LogP contribution in [0.2, 0.25) is 0 Å². The van der Waals surface area contributed by atoms with E-state index in [1.165, 1.54) is 12.8 Å². The van der Waals surface area contributed by atoms with Crippen LogP contribution in [0.3, 0.4) is 0 Å². The van der Waals surface area contributed by atoms with E-state index in [9.17, 15) is 9.90 Å². The van der Waals surface area contributed by atoms with E-state index < -0.39 is 0 Å². The van der Waals surface area contributed by atoms with E-state index in [4.69, 9.17) is 0 Å². The number of hydrogen-bond donors (Lipinski definition) is 2. The summed E-state index contributed by atoms with van der Waals surface area (Å²) in [6, 6.07) is 6.97. The highest BCUT2D eigenvalue weighted by atomic mass is 16.3. The lowest BCUT2D eigenvalue weighted by Gasteiger charge is -2.20. The normalized spacial score (nSPS) is 16.1. The monoisotopic (exact) mass is 248 g/mol. The highest BCUT2D eigenvalue weighted by Gasteiger charge is 2.14. The van der Waals surface area contributed by atoms with Gasteiger partial charge >= 0.3 is 6.03 Å². The van der Waals surface area contributed by atoms with Crippen molar-refractivity contribution >= 4 is 6.03 Å². The van der Waals surface area contributed by atoms with Crippen molar-refractivity contribution in [2.45, 2.75) is 32.2 Å². The third-order valence-electron chi connectivity index (χ3n) is 3.25. The number of aromatic hydroxyl groups is 1. The minimum atomic E-state index is 0.000225. The highest BCUT2D eigenvalue weighted by molar-refractivity contribution is 5.74. The van der Waals surface area contributed by atoms with Gasteiger partial charge in [0.15, 0.2) is 0 Å². The van der Waals surface area contributed by atoms with Crippen LogP contribution in [0.25, 0.3) is 0 Å². The van der Waals surface area contributed by atoms with Crippen molar-refractivity contribution in [2.24, 2.45) is 0 Å². The topological polar surface area (TPSA) is 52.6 Å². The Labute approximate surface area is 108 Å². The number of hydrogen-bond acceptors (Lipinski definition) is 2. The molecule has 1 aliphatic heterocycles. The third-order valence-corrected chi connectivity index (χ3v) is 3.25. The predicted octanol–water partition coefficient (Wildman–Crippen LogP) is 2.48. The Morgan fingerprint density at radius 3 is 2.61 bits per heavy atom. The molecule has 0 unspecified atom stereocenters. The van der Waals surface area contributed by atoms with Crippen LogP contribution in [0.4, 0.5) is 4.79 Å². The van der Waals surface area contributed by atoms with Gasteiger partial charge in [-0.3, -0.25) is 0 Å². The summed E-state index contributed by atoms with van der Waals surface area (Å²) in [4.78, 5) is 13.8. The Bertz CT molecular complexity index is 399. The van der Waals surface area contributed by atoms with Crippen molar-refractivity contribution < 1.29 is 9.90 Å². The summed E-state index contributed by atoms with van der Waals surface area (Å²) in [5.74, 6) is 0.233. The van der Waals surface area contributed by atoms with Gasteiger partial charge < -0.3 is 15.3 Å². The molecule has 2 N–H and O–H groups in total. The average Bonchev–Trinajstić information content (AvgIpc) is 2.65. The Balaban J connectivity index is 1.83. The van der Waals surface area contributed by atoms with Gasteiger partial charge in [0.25, 0.3) is 0 Å². The number of nitrogens with one attached hydrogen (secondary N) is 1. The van der Waals surface area contributed by atoms with E-state index in [2.05, 4.69) is 5.32 Å². The van der Waals surface area contributed by atoms with Gasteiger partial charge in [0.05, 0.1) is 0 Å². The minimum Gasteiger partial charge on any atom is -0.508 e. The number of likely N-dealkylation sites (tertiary alicyclic amines) is 1. The standard InChI is InChI=1S/C14H20N2O2/c17-13-7-5-6-12(10-13)11-15-14(18)16-8-3-1-2-4-9-16/h5-7,10,17H,1-4,8-9,11H2,(H,15,18). The summed E-state index contributed by atoms with van der Waals surface area (Å²) in [6.07, 6.45) is 4.63. The number of carbonyl (C=O) groups excluding carboxylic acids is 1. The second kappa shape index (κ2) is 6.28. The molecule has 1 aliphatic rings. The number of carbonyl (C=O) groups is 1. The van der Waals surface area contributed by atoms with Crippen molar-refractivity contribution in [3.05, 3.63) is 29.8 Å². The maximum absolute atomic E-state index is 12.0. The van der Waals surface area contributed by atoms with Gasteiger partial charge in [0.2, 0.25) is 0 Å². The summed E-state index contributed by atoms with van der Waals surface area (Å²) in [6.45, 7) is 2.17. The first-order valence-corrected chi connectivity index (χ1v) is 6.56. The van der Waals surface area contributed by atoms with E-state index in [0.29, 0.717) is 6.54 Å². The molecule has 1 saturated heterocycles. The van der Waals surface area contributed by atoms with Crippen molar-refractivity contribution in [1.29, 1.82) is 0 Å².